The molecule has 35 heavy (non-hydrogen) atoms. The van der Waals surface area contributed by atoms with Crippen LogP contribution in [0.3, 0.4) is 0 Å². The Morgan fingerprint density at radius 2 is 1.86 bits per heavy atom. The second-order valence-electron chi connectivity index (χ2n) is 8.17. The van der Waals surface area contributed by atoms with E-state index in [-0.39, 0.29) is 29.0 Å². The number of carbonyl (C=O) groups is 1. The predicted octanol–water partition coefficient (Wildman–Crippen LogP) is 5.26. The first-order valence-electron chi connectivity index (χ1n) is 10.8. The van der Waals surface area contributed by atoms with E-state index in [4.69, 9.17) is 9.15 Å². The summed E-state index contributed by atoms with van der Waals surface area (Å²) in [5.74, 6) is 0.267. The molecule has 1 amide bonds. The maximum atomic E-state index is 13.6. The van der Waals surface area contributed by atoms with Crippen LogP contribution < -0.4 is 10.2 Å². The molecule has 1 aliphatic heterocycles. The summed E-state index contributed by atoms with van der Waals surface area (Å²) in [6.45, 7) is 0.280. The predicted molar refractivity (Wildman–Crippen MR) is 133 cm³/mol. The highest BCUT2D eigenvalue weighted by molar-refractivity contribution is 9.10. The summed E-state index contributed by atoms with van der Waals surface area (Å²) < 4.78 is 11.8. The highest BCUT2D eigenvalue weighted by Crippen LogP contribution is 2.39. The summed E-state index contributed by atoms with van der Waals surface area (Å²) in [6.07, 6.45) is 0.508. The molecule has 0 spiro atoms. The fourth-order valence-corrected chi connectivity index (χ4v) is 4.78. The first kappa shape index (κ1) is 22.8. The van der Waals surface area contributed by atoms with E-state index in [2.05, 4.69) is 15.9 Å². The van der Waals surface area contributed by atoms with Crippen LogP contribution in [-0.4, -0.2) is 29.4 Å². The molecule has 1 atom stereocenters. The minimum Gasteiger partial charge on any atom is -0.497 e. The van der Waals surface area contributed by atoms with Crippen molar-refractivity contribution in [1.29, 1.82) is 0 Å². The summed E-state index contributed by atoms with van der Waals surface area (Å²) >= 11 is 3.38. The van der Waals surface area contributed by atoms with Gasteiger partial charge in [0, 0.05) is 23.2 Å². The smallest absolute Gasteiger partial charge is 0.290 e. The molecular formula is C26H19BrN2O6. The number of nitro groups is 1. The van der Waals surface area contributed by atoms with Gasteiger partial charge in [-0.3, -0.25) is 19.7 Å². The van der Waals surface area contributed by atoms with E-state index >= 15 is 0 Å². The number of rotatable bonds is 6. The Labute approximate surface area is 208 Å². The number of non-ortho nitro benzene ring substituents is 1. The van der Waals surface area contributed by atoms with Crippen molar-refractivity contribution < 1.29 is 18.9 Å². The average molecular weight is 535 g/mol. The van der Waals surface area contributed by atoms with Crippen LogP contribution >= 0.6 is 15.9 Å². The monoisotopic (exact) mass is 534 g/mol. The van der Waals surface area contributed by atoms with Crippen LogP contribution in [-0.2, 0) is 6.42 Å². The number of hydrogen-bond donors (Lipinski definition) is 0. The van der Waals surface area contributed by atoms with Crippen molar-refractivity contribution in [3.05, 3.63) is 114 Å². The molecule has 0 N–H and O–H groups in total. The summed E-state index contributed by atoms with van der Waals surface area (Å²) in [7, 11) is 1.59. The second kappa shape index (κ2) is 8.99. The molecule has 0 saturated carbocycles. The van der Waals surface area contributed by atoms with Crippen molar-refractivity contribution in [1.82, 2.24) is 4.90 Å². The SMILES string of the molecule is COc1ccc(CCN2C(=O)c3oc4ccc(Br)cc4c(=O)c3C2c2cccc([N+](=O)[O-])c2)cc1. The number of benzene rings is 3. The molecule has 1 aromatic heterocycles. The third-order valence-electron chi connectivity index (χ3n) is 6.12. The molecule has 2 heterocycles. The van der Waals surface area contributed by atoms with Crippen molar-refractivity contribution in [2.45, 2.75) is 12.5 Å². The number of nitrogens with zero attached hydrogens (tertiary/aromatic N) is 2. The molecule has 0 radical (unpaired) electrons. The van der Waals surface area contributed by atoms with Crippen LogP contribution in [0.2, 0.25) is 0 Å². The van der Waals surface area contributed by atoms with Crippen LogP contribution in [0, 0.1) is 10.1 Å². The zero-order valence-corrected chi connectivity index (χ0v) is 20.2. The van der Waals surface area contributed by atoms with Crippen LogP contribution in [0.25, 0.3) is 11.0 Å². The van der Waals surface area contributed by atoms with Crippen molar-refractivity contribution >= 4 is 38.5 Å². The minimum absolute atomic E-state index is 0.0314. The first-order valence-corrected chi connectivity index (χ1v) is 11.6. The third-order valence-corrected chi connectivity index (χ3v) is 6.62. The van der Waals surface area contributed by atoms with Gasteiger partial charge in [-0.05, 0) is 47.9 Å². The number of methoxy groups -OCH3 is 1. The maximum Gasteiger partial charge on any atom is 0.290 e. The van der Waals surface area contributed by atoms with Crippen molar-refractivity contribution in [2.75, 3.05) is 13.7 Å². The lowest BCUT2D eigenvalue weighted by atomic mass is 9.98. The first-order chi connectivity index (χ1) is 16.9. The van der Waals surface area contributed by atoms with E-state index in [9.17, 15) is 19.7 Å². The topological polar surface area (TPSA) is 103 Å². The minimum atomic E-state index is -0.810. The molecule has 0 bridgehead atoms. The molecule has 1 aliphatic rings. The maximum absolute atomic E-state index is 13.6. The molecule has 5 rings (SSSR count). The molecule has 176 valence electrons. The van der Waals surface area contributed by atoms with Gasteiger partial charge in [0.15, 0.2) is 5.43 Å². The summed E-state index contributed by atoms with van der Waals surface area (Å²) in [5.41, 5.74) is 1.49. The fourth-order valence-electron chi connectivity index (χ4n) is 4.42. The molecule has 4 aromatic rings. The highest BCUT2D eigenvalue weighted by atomic mass is 79.9. The average Bonchev–Trinajstić information content (AvgIpc) is 3.15. The Bertz CT molecular complexity index is 1530. The normalized spacial score (nSPS) is 14.9. The molecule has 1 unspecified atom stereocenters. The summed E-state index contributed by atoms with van der Waals surface area (Å²) in [6, 6.07) is 17.7. The number of halogens is 1. The number of ether oxygens (including phenoxy) is 1. The van der Waals surface area contributed by atoms with Gasteiger partial charge in [0.2, 0.25) is 5.76 Å². The van der Waals surface area contributed by atoms with Crippen LogP contribution in [0.5, 0.6) is 5.75 Å². The molecule has 3 aromatic carbocycles. The van der Waals surface area contributed by atoms with E-state index in [1.165, 1.54) is 12.1 Å². The van der Waals surface area contributed by atoms with Gasteiger partial charge in [0.05, 0.1) is 29.0 Å². The zero-order chi connectivity index (χ0) is 24.7. The van der Waals surface area contributed by atoms with Crippen LogP contribution in [0.1, 0.15) is 33.3 Å². The quantitative estimate of drug-likeness (QED) is 0.247. The molecule has 8 nitrogen and oxygen atoms in total. The Morgan fingerprint density at radius 3 is 2.57 bits per heavy atom. The standard InChI is InChI=1S/C26H19BrN2O6/c1-34-19-8-5-15(6-9-19)11-12-28-23(16-3-2-4-18(13-16)29(32)33)22-24(30)20-14-17(27)7-10-21(20)35-25(22)26(28)31/h2-10,13-14,23H,11-12H2,1H3. The second-order valence-corrected chi connectivity index (χ2v) is 9.08. The van der Waals surface area contributed by atoms with E-state index in [1.54, 1.807) is 42.3 Å². The van der Waals surface area contributed by atoms with Crippen molar-refractivity contribution in [3.63, 3.8) is 0 Å². The summed E-state index contributed by atoms with van der Waals surface area (Å²) in [5, 5.41) is 11.8. The zero-order valence-electron chi connectivity index (χ0n) is 18.6. The third kappa shape index (κ3) is 4.08. The molecule has 0 aliphatic carbocycles. The van der Waals surface area contributed by atoms with E-state index < -0.39 is 16.9 Å². The number of carbonyl (C=O) groups excluding carboxylic acids is 1. The van der Waals surface area contributed by atoms with Crippen LogP contribution in [0.15, 0.2) is 80.4 Å². The van der Waals surface area contributed by atoms with Gasteiger partial charge in [-0.2, -0.15) is 0 Å². The van der Waals surface area contributed by atoms with Crippen molar-refractivity contribution in [2.24, 2.45) is 0 Å². The van der Waals surface area contributed by atoms with Gasteiger partial charge >= 0.3 is 0 Å². The van der Waals surface area contributed by atoms with E-state index in [0.717, 1.165) is 11.3 Å². The molecular weight excluding hydrogens is 516 g/mol. The van der Waals surface area contributed by atoms with Crippen LogP contribution in [0.4, 0.5) is 5.69 Å². The number of fused-ring (bicyclic) bond motifs is 2. The Hall–Kier alpha value is -3.98. The highest BCUT2D eigenvalue weighted by Gasteiger charge is 2.42. The van der Waals surface area contributed by atoms with Gasteiger partial charge < -0.3 is 14.1 Å². The Morgan fingerprint density at radius 1 is 1.09 bits per heavy atom. The number of amides is 1. The van der Waals surface area contributed by atoms with E-state index in [0.29, 0.717) is 27.4 Å². The largest absolute Gasteiger partial charge is 0.497 e. The molecule has 9 heteroatoms. The molecule has 0 fully saturated rings. The van der Waals surface area contributed by atoms with Gasteiger partial charge in [-0.15, -0.1) is 0 Å². The van der Waals surface area contributed by atoms with Gasteiger partial charge in [0.25, 0.3) is 11.6 Å². The Kier molecular flexibility index (Phi) is 5.86. The van der Waals surface area contributed by atoms with Crippen molar-refractivity contribution in [3.8, 4) is 5.75 Å². The number of nitro benzene ring substituents is 1. The van der Waals surface area contributed by atoms with E-state index in [1.807, 2.05) is 24.3 Å². The Balaban J connectivity index is 1.63. The fraction of sp³-hybridized carbons (Fsp3) is 0.154. The lowest BCUT2D eigenvalue weighted by Crippen LogP contribution is -2.31. The van der Waals surface area contributed by atoms with Gasteiger partial charge in [0.1, 0.15) is 11.3 Å². The lowest BCUT2D eigenvalue weighted by Gasteiger charge is -2.25. The van der Waals surface area contributed by atoms with Gasteiger partial charge in [-0.25, -0.2) is 0 Å². The summed E-state index contributed by atoms with van der Waals surface area (Å²) in [4.78, 5) is 39.6. The molecule has 0 saturated heterocycles. The lowest BCUT2D eigenvalue weighted by molar-refractivity contribution is -0.384. The number of hydrogen-bond acceptors (Lipinski definition) is 6. The van der Waals surface area contributed by atoms with Gasteiger partial charge in [-0.1, -0.05) is 40.2 Å².